The standard InChI is InChI=1S/C18H25ClN4O2/c1-13(12-23-7-9-25-10-8-23)20-18(24)6-5-17-21-15-11-14(19)3-4-16(15)22(17)2/h3-4,11,13H,5-10,12H2,1-2H3,(H,20,24)/t13-/m0/s1. The monoisotopic (exact) mass is 364 g/mol. The normalized spacial score (nSPS) is 16.9. The zero-order chi connectivity index (χ0) is 17.8. The van der Waals surface area contributed by atoms with Crippen molar-refractivity contribution in [3.8, 4) is 0 Å². The van der Waals surface area contributed by atoms with Crippen molar-refractivity contribution in [2.75, 3.05) is 32.8 Å². The number of hydrogen-bond acceptors (Lipinski definition) is 4. The first-order valence-corrected chi connectivity index (χ1v) is 9.11. The van der Waals surface area contributed by atoms with Gasteiger partial charge >= 0.3 is 0 Å². The quantitative estimate of drug-likeness (QED) is 0.851. The molecule has 1 N–H and O–H groups in total. The van der Waals surface area contributed by atoms with E-state index in [2.05, 4.69) is 15.2 Å². The minimum absolute atomic E-state index is 0.0610. The van der Waals surface area contributed by atoms with Crippen molar-refractivity contribution in [1.29, 1.82) is 0 Å². The number of ether oxygens (including phenoxy) is 1. The average molecular weight is 365 g/mol. The molecule has 1 atom stereocenters. The molecule has 6 nitrogen and oxygen atoms in total. The van der Waals surface area contributed by atoms with Gasteiger partial charge in [-0.25, -0.2) is 4.98 Å². The third-order valence-electron chi connectivity index (χ3n) is 4.55. The number of nitrogens with one attached hydrogen (secondary N) is 1. The molecule has 0 unspecified atom stereocenters. The third kappa shape index (κ3) is 4.71. The minimum Gasteiger partial charge on any atom is -0.379 e. The zero-order valence-corrected chi connectivity index (χ0v) is 15.6. The molecular weight excluding hydrogens is 340 g/mol. The number of amides is 1. The van der Waals surface area contributed by atoms with Crippen molar-refractivity contribution in [1.82, 2.24) is 19.8 Å². The maximum absolute atomic E-state index is 12.2. The van der Waals surface area contributed by atoms with E-state index in [-0.39, 0.29) is 11.9 Å². The van der Waals surface area contributed by atoms with Gasteiger partial charge < -0.3 is 14.6 Å². The van der Waals surface area contributed by atoms with E-state index in [0.717, 1.165) is 49.7 Å². The number of imidazole rings is 1. The van der Waals surface area contributed by atoms with Gasteiger partial charge in [0.25, 0.3) is 0 Å². The van der Waals surface area contributed by atoms with Crippen LogP contribution in [0.3, 0.4) is 0 Å². The van der Waals surface area contributed by atoms with E-state index < -0.39 is 0 Å². The number of fused-ring (bicyclic) bond motifs is 1. The molecule has 3 rings (SSSR count). The summed E-state index contributed by atoms with van der Waals surface area (Å²) in [7, 11) is 1.97. The van der Waals surface area contributed by atoms with Crippen LogP contribution < -0.4 is 5.32 Å². The molecule has 0 saturated carbocycles. The number of carbonyl (C=O) groups is 1. The Morgan fingerprint density at radius 2 is 2.16 bits per heavy atom. The van der Waals surface area contributed by atoms with Gasteiger partial charge in [0, 0.05) is 50.6 Å². The molecule has 2 heterocycles. The molecule has 1 fully saturated rings. The highest BCUT2D eigenvalue weighted by Crippen LogP contribution is 2.20. The van der Waals surface area contributed by atoms with Gasteiger partial charge in [-0.05, 0) is 25.1 Å². The van der Waals surface area contributed by atoms with Gasteiger partial charge in [-0.2, -0.15) is 0 Å². The van der Waals surface area contributed by atoms with Crippen LogP contribution in [0.4, 0.5) is 0 Å². The summed E-state index contributed by atoms with van der Waals surface area (Å²) in [5, 5.41) is 3.75. The van der Waals surface area contributed by atoms with E-state index in [9.17, 15) is 4.79 Å². The molecule has 7 heteroatoms. The number of nitrogens with zero attached hydrogens (tertiary/aromatic N) is 3. The maximum Gasteiger partial charge on any atom is 0.220 e. The summed E-state index contributed by atoms with van der Waals surface area (Å²) in [4.78, 5) is 19.2. The fraction of sp³-hybridized carbons (Fsp3) is 0.556. The number of halogens is 1. The SMILES string of the molecule is C[C@@H](CN1CCOCC1)NC(=O)CCc1nc2cc(Cl)ccc2n1C. The van der Waals surface area contributed by atoms with Gasteiger partial charge in [-0.1, -0.05) is 11.6 Å². The number of benzene rings is 1. The molecule has 0 aliphatic carbocycles. The van der Waals surface area contributed by atoms with Crippen molar-refractivity contribution in [3.63, 3.8) is 0 Å². The van der Waals surface area contributed by atoms with E-state index >= 15 is 0 Å². The van der Waals surface area contributed by atoms with Crippen molar-refractivity contribution >= 4 is 28.5 Å². The molecule has 25 heavy (non-hydrogen) atoms. The average Bonchev–Trinajstić information content (AvgIpc) is 2.89. The fourth-order valence-corrected chi connectivity index (χ4v) is 3.40. The van der Waals surface area contributed by atoms with Gasteiger partial charge in [0.1, 0.15) is 5.82 Å². The second-order valence-electron chi connectivity index (χ2n) is 6.60. The lowest BCUT2D eigenvalue weighted by molar-refractivity contribution is -0.121. The number of morpholine rings is 1. The Kier molecular flexibility index (Phi) is 5.93. The van der Waals surface area contributed by atoms with Crippen LogP contribution in [0.2, 0.25) is 5.02 Å². The van der Waals surface area contributed by atoms with Crippen LogP contribution >= 0.6 is 11.6 Å². The lowest BCUT2D eigenvalue weighted by atomic mass is 10.2. The number of aryl methyl sites for hydroxylation is 2. The molecule has 0 bridgehead atoms. The largest absolute Gasteiger partial charge is 0.379 e. The highest BCUT2D eigenvalue weighted by atomic mass is 35.5. The van der Waals surface area contributed by atoms with Crippen LogP contribution in [-0.4, -0.2) is 59.2 Å². The summed E-state index contributed by atoms with van der Waals surface area (Å²) in [5.74, 6) is 0.957. The highest BCUT2D eigenvalue weighted by Gasteiger charge is 2.16. The summed E-state index contributed by atoms with van der Waals surface area (Å²) in [6.45, 7) is 6.32. The van der Waals surface area contributed by atoms with Crippen molar-refractivity contribution < 1.29 is 9.53 Å². The molecule has 2 aromatic rings. The molecule has 1 aromatic carbocycles. The van der Waals surface area contributed by atoms with E-state index in [1.807, 2.05) is 36.7 Å². The van der Waals surface area contributed by atoms with Crippen molar-refractivity contribution in [2.45, 2.75) is 25.8 Å². The molecule has 1 aliphatic rings. The molecule has 1 aliphatic heterocycles. The van der Waals surface area contributed by atoms with Crippen LogP contribution in [0.15, 0.2) is 18.2 Å². The topological polar surface area (TPSA) is 59.4 Å². The molecular formula is C18H25ClN4O2. The molecule has 1 saturated heterocycles. The Hall–Kier alpha value is -1.63. The lowest BCUT2D eigenvalue weighted by Gasteiger charge is -2.29. The number of carbonyl (C=O) groups excluding carboxylic acids is 1. The second-order valence-corrected chi connectivity index (χ2v) is 7.04. The highest BCUT2D eigenvalue weighted by molar-refractivity contribution is 6.31. The van der Waals surface area contributed by atoms with Gasteiger partial charge in [-0.15, -0.1) is 0 Å². The summed E-state index contributed by atoms with van der Waals surface area (Å²) >= 11 is 6.02. The van der Waals surface area contributed by atoms with Gasteiger partial charge in [0.2, 0.25) is 5.91 Å². The minimum atomic E-state index is 0.0610. The maximum atomic E-state index is 12.2. The first kappa shape index (κ1) is 18.2. The second kappa shape index (κ2) is 8.17. The van der Waals surface area contributed by atoms with Crippen LogP contribution in [0.25, 0.3) is 11.0 Å². The molecule has 1 aromatic heterocycles. The number of hydrogen-bond donors (Lipinski definition) is 1. The summed E-state index contributed by atoms with van der Waals surface area (Å²) < 4.78 is 7.37. The van der Waals surface area contributed by atoms with E-state index in [1.165, 1.54) is 0 Å². The molecule has 1 amide bonds. The van der Waals surface area contributed by atoms with Crippen molar-refractivity contribution in [3.05, 3.63) is 29.0 Å². The molecule has 0 radical (unpaired) electrons. The number of aromatic nitrogens is 2. The number of rotatable bonds is 6. The Morgan fingerprint density at radius 3 is 2.92 bits per heavy atom. The Morgan fingerprint density at radius 1 is 1.40 bits per heavy atom. The predicted octanol–water partition coefficient (Wildman–Crippen LogP) is 2.00. The molecule has 0 spiro atoms. The van der Waals surface area contributed by atoms with Gasteiger partial charge in [-0.3, -0.25) is 9.69 Å². The van der Waals surface area contributed by atoms with E-state index in [4.69, 9.17) is 16.3 Å². The summed E-state index contributed by atoms with van der Waals surface area (Å²) in [5.41, 5.74) is 1.89. The summed E-state index contributed by atoms with van der Waals surface area (Å²) in [6, 6.07) is 5.80. The Balaban J connectivity index is 1.51. The third-order valence-corrected chi connectivity index (χ3v) is 4.79. The van der Waals surface area contributed by atoms with Gasteiger partial charge in [0.15, 0.2) is 0 Å². The Labute approximate surface area is 153 Å². The van der Waals surface area contributed by atoms with Crippen LogP contribution in [-0.2, 0) is 23.0 Å². The van der Waals surface area contributed by atoms with Gasteiger partial charge in [0.05, 0.1) is 24.2 Å². The van der Waals surface area contributed by atoms with E-state index in [0.29, 0.717) is 17.9 Å². The fourth-order valence-electron chi connectivity index (χ4n) is 3.24. The first-order chi connectivity index (χ1) is 12.0. The van der Waals surface area contributed by atoms with Crippen LogP contribution in [0.5, 0.6) is 0 Å². The predicted molar refractivity (Wildman–Crippen MR) is 98.9 cm³/mol. The summed E-state index contributed by atoms with van der Waals surface area (Å²) in [6.07, 6.45) is 1.04. The Bertz CT molecular complexity index is 740. The lowest BCUT2D eigenvalue weighted by Crippen LogP contribution is -2.46. The van der Waals surface area contributed by atoms with Crippen molar-refractivity contribution in [2.24, 2.45) is 7.05 Å². The smallest absolute Gasteiger partial charge is 0.220 e. The zero-order valence-electron chi connectivity index (χ0n) is 14.8. The van der Waals surface area contributed by atoms with Crippen LogP contribution in [0.1, 0.15) is 19.2 Å². The van der Waals surface area contributed by atoms with Crippen LogP contribution in [0, 0.1) is 0 Å². The first-order valence-electron chi connectivity index (χ1n) is 8.73. The molecule has 136 valence electrons. The van der Waals surface area contributed by atoms with E-state index in [1.54, 1.807) is 0 Å².